The van der Waals surface area contributed by atoms with E-state index in [1.807, 2.05) is 6.92 Å². The first-order valence-corrected chi connectivity index (χ1v) is 5.93. The number of amides is 1. The van der Waals surface area contributed by atoms with E-state index in [0.717, 1.165) is 0 Å². The molecule has 0 aliphatic rings. The lowest BCUT2D eigenvalue weighted by Crippen LogP contribution is -2.48. The molecule has 1 heterocycles. The molecule has 1 aromatic heterocycles. The molecule has 1 aromatic rings. The number of Topliss-reactive ketones (excluding diaryl/α,β-unsaturated/α-hetero) is 1. The SMILES string of the molecule is CCC(C)(CO)NC(=O)c1cc(C(C)=O)cn1C. The number of aliphatic hydroxyl groups excluding tert-OH is 1. The fourth-order valence-electron chi connectivity index (χ4n) is 1.56. The van der Waals surface area contributed by atoms with Crippen LogP contribution >= 0.6 is 0 Å². The summed E-state index contributed by atoms with van der Waals surface area (Å²) < 4.78 is 1.61. The van der Waals surface area contributed by atoms with Gasteiger partial charge in [-0.1, -0.05) is 6.92 Å². The molecule has 100 valence electrons. The topological polar surface area (TPSA) is 71.3 Å². The van der Waals surface area contributed by atoms with Crippen LogP contribution in [0.2, 0.25) is 0 Å². The van der Waals surface area contributed by atoms with Gasteiger partial charge in [-0.3, -0.25) is 9.59 Å². The average molecular weight is 252 g/mol. The summed E-state index contributed by atoms with van der Waals surface area (Å²) >= 11 is 0. The summed E-state index contributed by atoms with van der Waals surface area (Å²) in [6.45, 7) is 5.00. The molecule has 0 aromatic carbocycles. The van der Waals surface area contributed by atoms with Crippen molar-refractivity contribution in [2.75, 3.05) is 6.61 Å². The van der Waals surface area contributed by atoms with Crippen molar-refractivity contribution in [2.45, 2.75) is 32.7 Å². The first kappa shape index (κ1) is 14.4. The maximum atomic E-state index is 12.1. The average Bonchev–Trinajstić information content (AvgIpc) is 2.71. The third-order valence-electron chi connectivity index (χ3n) is 3.19. The monoisotopic (exact) mass is 252 g/mol. The minimum absolute atomic E-state index is 0.0786. The van der Waals surface area contributed by atoms with Crippen molar-refractivity contribution in [3.63, 3.8) is 0 Å². The minimum Gasteiger partial charge on any atom is -0.394 e. The van der Waals surface area contributed by atoms with Crippen molar-refractivity contribution in [3.05, 3.63) is 23.5 Å². The van der Waals surface area contributed by atoms with Gasteiger partial charge in [-0.15, -0.1) is 0 Å². The van der Waals surface area contributed by atoms with Crippen molar-refractivity contribution in [1.82, 2.24) is 9.88 Å². The highest BCUT2D eigenvalue weighted by Gasteiger charge is 2.25. The van der Waals surface area contributed by atoms with Crippen molar-refractivity contribution in [1.29, 1.82) is 0 Å². The van der Waals surface area contributed by atoms with Crippen LogP contribution in [0.25, 0.3) is 0 Å². The van der Waals surface area contributed by atoms with E-state index < -0.39 is 5.54 Å². The van der Waals surface area contributed by atoms with Crippen molar-refractivity contribution in [3.8, 4) is 0 Å². The number of hydrogen-bond donors (Lipinski definition) is 2. The second kappa shape index (κ2) is 5.35. The van der Waals surface area contributed by atoms with Crippen LogP contribution in [-0.2, 0) is 7.05 Å². The molecule has 5 heteroatoms. The second-order valence-electron chi connectivity index (χ2n) is 4.81. The zero-order valence-electron chi connectivity index (χ0n) is 11.3. The molecule has 1 unspecified atom stereocenters. The molecule has 0 fully saturated rings. The molecule has 1 atom stereocenters. The van der Waals surface area contributed by atoms with Gasteiger partial charge in [0.25, 0.3) is 5.91 Å². The normalized spacial score (nSPS) is 14.1. The number of rotatable bonds is 5. The van der Waals surface area contributed by atoms with E-state index in [0.29, 0.717) is 17.7 Å². The maximum absolute atomic E-state index is 12.1. The molecule has 0 radical (unpaired) electrons. The van der Waals surface area contributed by atoms with Crippen LogP contribution in [0.3, 0.4) is 0 Å². The van der Waals surface area contributed by atoms with E-state index in [2.05, 4.69) is 5.32 Å². The number of aliphatic hydroxyl groups is 1. The number of nitrogens with zero attached hydrogens (tertiary/aromatic N) is 1. The van der Waals surface area contributed by atoms with Crippen LogP contribution in [0.5, 0.6) is 0 Å². The Labute approximate surface area is 107 Å². The fourth-order valence-corrected chi connectivity index (χ4v) is 1.56. The van der Waals surface area contributed by atoms with Gasteiger partial charge in [-0.05, 0) is 26.3 Å². The van der Waals surface area contributed by atoms with Gasteiger partial charge in [0.1, 0.15) is 5.69 Å². The number of aryl methyl sites for hydroxylation is 1. The molecule has 0 bridgehead atoms. The highest BCUT2D eigenvalue weighted by molar-refractivity contribution is 5.99. The molecule has 18 heavy (non-hydrogen) atoms. The van der Waals surface area contributed by atoms with E-state index in [1.54, 1.807) is 30.8 Å². The van der Waals surface area contributed by atoms with E-state index in [1.165, 1.54) is 6.92 Å². The molecule has 0 aliphatic heterocycles. The lowest BCUT2D eigenvalue weighted by molar-refractivity contribution is 0.0839. The summed E-state index contributed by atoms with van der Waals surface area (Å²) in [5, 5.41) is 12.0. The van der Waals surface area contributed by atoms with Gasteiger partial charge in [0.15, 0.2) is 5.78 Å². The number of hydrogen-bond acceptors (Lipinski definition) is 3. The zero-order chi connectivity index (χ0) is 13.9. The predicted molar refractivity (Wildman–Crippen MR) is 68.7 cm³/mol. The van der Waals surface area contributed by atoms with Crippen LogP contribution in [0.15, 0.2) is 12.3 Å². The van der Waals surface area contributed by atoms with Gasteiger partial charge < -0.3 is 15.0 Å². The summed E-state index contributed by atoms with van der Waals surface area (Å²) in [6, 6.07) is 1.56. The third-order valence-corrected chi connectivity index (χ3v) is 3.19. The van der Waals surface area contributed by atoms with Crippen molar-refractivity contribution < 1.29 is 14.7 Å². The Kier molecular flexibility index (Phi) is 4.29. The molecular formula is C13H20N2O3. The van der Waals surface area contributed by atoms with Crippen molar-refractivity contribution >= 4 is 11.7 Å². The van der Waals surface area contributed by atoms with Gasteiger partial charge in [0, 0.05) is 18.8 Å². The zero-order valence-corrected chi connectivity index (χ0v) is 11.3. The van der Waals surface area contributed by atoms with Gasteiger partial charge in [-0.2, -0.15) is 0 Å². The first-order valence-electron chi connectivity index (χ1n) is 5.93. The minimum atomic E-state index is -0.641. The predicted octanol–water partition coefficient (Wildman–Crippen LogP) is 1.12. The highest BCUT2D eigenvalue weighted by atomic mass is 16.3. The number of ketones is 1. The molecule has 0 spiro atoms. The van der Waals surface area contributed by atoms with Crippen LogP contribution in [0, 0.1) is 0 Å². The van der Waals surface area contributed by atoms with Gasteiger partial charge in [-0.25, -0.2) is 0 Å². The molecule has 1 rings (SSSR count). The lowest BCUT2D eigenvalue weighted by atomic mass is 10.00. The summed E-state index contributed by atoms with van der Waals surface area (Å²) in [5.74, 6) is -0.367. The van der Waals surface area contributed by atoms with Crippen LogP contribution in [-0.4, -0.2) is 33.5 Å². The largest absolute Gasteiger partial charge is 0.394 e. The number of aromatic nitrogens is 1. The number of carbonyl (C=O) groups is 2. The van der Waals surface area contributed by atoms with Crippen LogP contribution < -0.4 is 5.32 Å². The lowest BCUT2D eigenvalue weighted by Gasteiger charge is -2.27. The Morgan fingerprint density at radius 3 is 2.50 bits per heavy atom. The van der Waals surface area contributed by atoms with E-state index in [9.17, 15) is 14.7 Å². The third kappa shape index (κ3) is 2.98. The Bertz CT molecular complexity index is 459. The second-order valence-corrected chi connectivity index (χ2v) is 4.81. The van der Waals surface area contributed by atoms with Gasteiger partial charge >= 0.3 is 0 Å². The summed E-state index contributed by atoms with van der Waals surface area (Å²) in [6.07, 6.45) is 2.25. The van der Waals surface area contributed by atoms with E-state index in [4.69, 9.17) is 0 Å². The summed E-state index contributed by atoms with van der Waals surface area (Å²) in [7, 11) is 1.71. The Morgan fingerprint density at radius 2 is 2.11 bits per heavy atom. The molecular weight excluding hydrogens is 232 g/mol. The fraction of sp³-hybridized carbons (Fsp3) is 0.538. The standard InChI is InChI=1S/C13H20N2O3/c1-5-13(3,8-16)14-12(18)11-6-10(9(2)17)7-15(11)4/h6-7,16H,5,8H2,1-4H3,(H,14,18). The smallest absolute Gasteiger partial charge is 0.268 e. The van der Waals surface area contributed by atoms with E-state index >= 15 is 0 Å². The summed E-state index contributed by atoms with van der Waals surface area (Å²) in [5.41, 5.74) is 0.274. The maximum Gasteiger partial charge on any atom is 0.268 e. The Hall–Kier alpha value is -1.62. The Balaban J connectivity index is 2.94. The van der Waals surface area contributed by atoms with E-state index in [-0.39, 0.29) is 18.3 Å². The Morgan fingerprint density at radius 1 is 1.50 bits per heavy atom. The van der Waals surface area contributed by atoms with Crippen LogP contribution in [0.4, 0.5) is 0 Å². The summed E-state index contributed by atoms with van der Waals surface area (Å²) in [4.78, 5) is 23.3. The first-order chi connectivity index (χ1) is 8.33. The van der Waals surface area contributed by atoms with Gasteiger partial charge in [0.2, 0.25) is 0 Å². The van der Waals surface area contributed by atoms with Gasteiger partial charge in [0.05, 0.1) is 12.1 Å². The molecule has 0 saturated heterocycles. The molecule has 0 aliphatic carbocycles. The number of nitrogens with one attached hydrogen (secondary N) is 1. The highest BCUT2D eigenvalue weighted by Crippen LogP contribution is 2.12. The molecule has 1 amide bonds. The molecule has 2 N–H and O–H groups in total. The van der Waals surface area contributed by atoms with Crippen molar-refractivity contribution in [2.24, 2.45) is 7.05 Å². The van der Waals surface area contributed by atoms with Crippen LogP contribution in [0.1, 0.15) is 48.0 Å². The quantitative estimate of drug-likeness (QED) is 0.771. The number of carbonyl (C=O) groups excluding carboxylic acids is 2. The molecule has 0 saturated carbocycles. The molecule has 5 nitrogen and oxygen atoms in total.